The van der Waals surface area contributed by atoms with E-state index in [1.165, 1.54) is 0 Å². The minimum Gasteiger partial charge on any atom is -0.273 e. The molecule has 2 rings (SSSR count). The van der Waals surface area contributed by atoms with E-state index in [0.717, 1.165) is 30.8 Å². The molecule has 110 valence electrons. The SMILES string of the molecule is CCC(=NNC(=O)Cc1ccc(Br)cc1)c1ccc(Br)s1. The number of carbonyl (C=O) groups is 1. The van der Waals surface area contributed by atoms with Crippen molar-refractivity contribution in [1.82, 2.24) is 5.43 Å². The summed E-state index contributed by atoms with van der Waals surface area (Å²) in [5.74, 6) is -0.112. The molecule has 3 nitrogen and oxygen atoms in total. The number of hydrogen-bond donors (Lipinski definition) is 1. The Bertz CT molecular complexity index is 650. The van der Waals surface area contributed by atoms with E-state index in [0.29, 0.717) is 6.42 Å². The van der Waals surface area contributed by atoms with Crippen LogP contribution in [-0.2, 0) is 11.2 Å². The maximum Gasteiger partial charge on any atom is 0.244 e. The Kier molecular flexibility index (Phi) is 6.14. The normalized spacial score (nSPS) is 11.5. The van der Waals surface area contributed by atoms with Gasteiger partial charge < -0.3 is 0 Å². The molecular formula is C15H14Br2N2OS. The minimum atomic E-state index is -0.112. The smallest absolute Gasteiger partial charge is 0.244 e. The molecular weight excluding hydrogens is 416 g/mol. The molecule has 0 fully saturated rings. The highest BCUT2D eigenvalue weighted by Gasteiger charge is 2.07. The maximum atomic E-state index is 11.9. The van der Waals surface area contributed by atoms with Crippen molar-refractivity contribution >= 4 is 54.8 Å². The Morgan fingerprint density at radius 3 is 2.48 bits per heavy atom. The first-order valence-electron chi connectivity index (χ1n) is 6.44. The van der Waals surface area contributed by atoms with Crippen LogP contribution in [0.3, 0.4) is 0 Å². The number of nitrogens with zero attached hydrogens (tertiary/aromatic N) is 1. The zero-order valence-electron chi connectivity index (χ0n) is 11.4. The second-order valence-electron chi connectivity index (χ2n) is 4.35. The van der Waals surface area contributed by atoms with Crippen LogP contribution in [0, 0.1) is 0 Å². The van der Waals surface area contributed by atoms with Crippen LogP contribution in [-0.4, -0.2) is 11.6 Å². The molecule has 0 radical (unpaired) electrons. The highest BCUT2D eigenvalue weighted by atomic mass is 79.9. The quantitative estimate of drug-likeness (QED) is 0.540. The fourth-order valence-corrected chi connectivity index (χ4v) is 3.44. The first-order valence-corrected chi connectivity index (χ1v) is 8.84. The minimum absolute atomic E-state index is 0.112. The summed E-state index contributed by atoms with van der Waals surface area (Å²) in [4.78, 5) is 13.0. The monoisotopic (exact) mass is 428 g/mol. The van der Waals surface area contributed by atoms with Crippen molar-refractivity contribution in [3.8, 4) is 0 Å². The van der Waals surface area contributed by atoms with Gasteiger partial charge in [-0.15, -0.1) is 11.3 Å². The van der Waals surface area contributed by atoms with Gasteiger partial charge in [-0.25, -0.2) is 5.43 Å². The standard InChI is InChI=1S/C15H14Br2N2OS/c1-2-12(13-7-8-14(17)21-13)18-19-15(20)9-10-3-5-11(16)6-4-10/h3-8H,2,9H2,1H3,(H,19,20). The van der Waals surface area contributed by atoms with Crippen LogP contribution < -0.4 is 5.43 Å². The fraction of sp³-hybridized carbons (Fsp3) is 0.200. The summed E-state index contributed by atoms with van der Waals surface area (Å²) < 4.78 is 2.06. The number of hydrogen-bond acceptors (Lipinski definition) is 3. The second-order valence-corrected chi connectivity index (χ2v) is 7.73. The number of benzene rings is 1. The molecule has 0 aliphatic rings. The largest absolute Gasteiger partial charge is 0.273 e. The Labute approximate surface area is 144 Å². The maximum absolute atomic E-state index is 11.9. The topological polar surface area (TPSA) is 41.5 Å². The van der Waals surface area contributed by atoms with Crippen LogP contribution in [0.4, 0.5) is 0 Å². The van der Waals surface area contributed by atoms with Crippen molar-refractivity contribution in [2.75, 3.05) is 0 Å². The van der Waals surface area contributed by atoms with E-state index >= 15 is 0 Å². The molecule has 1 amide bonds. The fourth-order valence-electron chi connectivity index (χ4n) is 1.73. The Morgan fingerprint density at radius 2 is 1.90 bits per heavy atom. The predicted octanol–water partition coefficient (Wildman–Crippen LogP) is 4.75. The van der Waals surface area contributed by atoms with Gasteiger partial charge in [0.05, 0.1) is 20.8 Å². The average Bonchev–Trinajstić information content (AvgIpc) is 2.89. The van der Waals surface area contributed by atoms with Crippen molar-refractivity contribution in [3.63, 3.8) is 0 Å². The number of nitrogens with one attached hydrogen (secondary N) is 1. The van der Waals surface area contributed by atoms with Gasteiger partial charge in [-0.2, -0.15) is 5.10 Å². The summed E-state index contributed by atoms with van der Waals surface area (Å²) in [6, 6.07) is 11.7. The van der Waals surface area contributed by atoms with Gasteiger partial charge in [-0.3, -0.25) is 4.79 Å². The van der Waals surface area contributed by atoms with Gasteiger partial charge in [-0.1, -0.05) is 35.0 Å². The lowest BCUT2D eigenvalue weighted by Crippen LogP contribution is -2.21. The van der Waals surface area contributed by atoms with Crippen molar-refractivity contribution < 1.29 is 4.79 Å². The highest BCUT2D eigenvalue weighted by molar-refractivity contribution is 9.11. The molecule has 1 aromatic carbocycles. The number of thiophene rings is 1. The number of halogens is 2. The van der Waals surface area contributed by atoms with Crippen molar-refractivity contribution in [2.24, 2.45) is 5.10 Å². The molecule has 0 aliphatic heterocycles. The van der Waals surface area contributed by atoms with Gasteiger partial charge >= 0.3 is 0 Å². The lowest BCUT2D eigenvalue weighted by Gasteiger charge is -2.03. The molecule has 0 saturated carbocycles. The number of rotatable bonds is 5. The van der Waals surface area contributed by atoms with Gasteiger partial charge in [0.1, 0.15) is 0 Å². The van der Waals surface area contributed by atoms with Crippen LogP contribution in [0.15, 0.2) is 49.8 Å². The zero-order chi connectivity index (χ0) is 15.2. The molecule has 0 unspecified atom stereocenters. The molecule has 0 aliphatic carbocycles. The van der Waals surface area contributed by atoms with E-state index < -0.39 is 0 Å². The second kappa shape index (κ2) is 7.87. The number of amides is 1. The molecule has 0 saturated heterocycles. The summed E-state index contributed by atoms with van der Waals surface area (Å²) in [5.41, 5.74) is 4.48. The Hall–Kier alpha value is -0.980. The van der Waals surface area contributed by atoms with Crippen LogP contribution in [0.5, 0.6) is 0 Å². The van der Waals surface area contributed by atoms with E-state index in [1.807, 2.05) is 43.3 Å². The molecule has 0 spiro atoms. The summed E-state index contributed by atoms with van der Waals surface area (Å²) in [7, 11) is 0. The van der Waals surface area contributed by atoms with Gasteiger partial charge in [0.15, 0.2) is 0 Å². The molecule has 0 atom stereocenters. The molecule has 0 bridgehead atoms. The highest BCUT2D eigenvalue weighted by Crippen LogP contribution is 2.23. The van der Waals surface area contributed by atoms with Crippen molar-refractivity contribution in [3.05, 3.63) is 55.1 Å². The lowest BCUT2D eigenvalue weighted by molar-refractivity contribution is -0.120. The van der Waals surface area contributed by atoms with E-state index in [9.17, 15) is 4.79 Å². The predicted molar refractivity (Wildman–Crippen MR) is 94.8 cm³/mol. The third-order valence-electron chi connectivity index (χ3n) is 2.79. The third-order valence-corrected chi connectivity index (χ3v) is 4.99. The van der Waals surface area contributed by atoms with E-state index in [2.05, 4.69) is 42.4 Å². The van der Waals surface area contributed by atoms with E-state index in [-0.39, 0.29) is 5.91 Å². The summed E-state index contributed by atoms with van der Waals surface area (Å²) >= 11 is 8.41. The van der Waals surface area contributed by atoms with Gasteiger partial charge in [0.2, 0.25) is 5.91 Å². The number of carbonyl (C=O) groups excluding carboxylic acids is 1. The molecule has 1 heterocycles. The lowest BCUT2D eigenvalue weighted by atomic mass is 10.1. The molecule has 1 N–H and O–H groups in total. The third kappa shape index (κ3) is 5.05. The Morgan fingerprint density at radius 1 is 1.19 bits per heavy atom. The van der Waals surface area contributed by atoms with Gasteiger partial charge in [-0.05, 0) is 52.2 Å². The summed E-state index contributed by atoms with van der Waals surface area (Å²) in [6.07, 6.45) is 1.09. The summed E-state index contributed by atoms with van der Waals surface area (Å²) in [6.45, 7) is 2.02. The molecule has 21 heavy (non-hydrogen) atoms. The first kappa shape index (κ1) is 16.4. The first-order chi connectivity index (χ1) is 10.1. The van der Waals surface area contributed by atoms with Crippen LogP contribution in [0.2, 0.25) is 0 Å². The van der Waals surface area contributed by atoms with Crippen molar-refractivity contribution in [2.45, 2.75) is 19.8 Å². The van der Waals surface area contributed by atoms with Crippen LogP contribution >= 0.6 is 43.2 Å². The molecule has 1 aromatic heterocycles. The Balaban J connectivity index is 1.98. The molecule has 2 aromatic rings. The molecule has 6 heteroatoms. The van der Waals surface area contributed by atoms with Gasteiger partial charge in [0, 0.05) is 4.47 Å². The summed E-state index contributed by atoms with van der Waals surface area (Å²) in [5, 5.41) is 4.24. The van der Waals surface area contributed by atoms with Crippen LogP contribution in [0.25, 0.3) is 0 Å². The van der Waals surface area contributed by atoms with Crippen LogP contribution in [0.1, 0.15) is 23.8 Å². The van der Waals surface area contributed by atoms with E-state index in [4.69, 9.17) is 0 Å². The zero-order valence-corrected chi connectivity index (χ0v) is 15.4. The number of hydrazone groups is 1. The van der Waals surface area contributed by atoms with Crippen molar-refractivity contribution in [1.29, 1.82) is 0 Å². The van der Waals surface area contributed by atoms with Gasteiger partial charge in [0.25, 0.3) is 0 Å². The van der Waals surface area contributed by atoms with E-state index in [1.54, 1.807) is 11.3 Å². The average molecular weight is 430 g/mol.